The van der Waals surface area contributed by atoms with Crippen LogP contribution in [0.25, 0.3) is 6.08 Å². The van der Waals surface area contributed by atoms with E-state index in [0.29, 0.717) is 17.9 Å². The molecule has 7 nitrogen and oxygen atoms in total. The minimum Gasteiger partial charge on any atom is -0.496 e. The number of hydrogen-bond acceptors (Lipinski definition) is 5. The third kappa shape index (κ3) is 7.12. The molecule has 1 rings (SSSR count). The summed E-state index contributed by atoms with van der Waals surface area (Å²) in [7, 11) is 1.53. The van der Waals surface area contributed by atoms with Crippen LogP contribution in [-0.2, 0) is 14.3 Å². The molecule has 0 radical (unpaired) electrons. The summed E-state index contributed by atoms with van der Waals surface area (Å²) >= 11 is 0. The SMILES string of the molecule is CCCNC(=O)NC(=O)COC(=O)/C=C/c1ccccc1OC. The van der Waals surface area contributed by atoms with Crippen molar-refractivity contribution >= 4 is 24.0 Å². The van der Waals surface area contributed by atoms with Gasteiger partial charge >= 0.3 is 12.0 Å². The van der Waals surface area contributed by atoms with Gasteiger partial charge in [-0.25, -0.2) is 9.59 Å². The Kier molecular flexibility index (Phi) is 7.91. The van der Waals surface area contributed by atoms with Crippen LogP contribution < -0.4 is 15.4 Å². The highest BCUT2D eigenvalue weighted by atomic mass is 16.5. The van der Waals surface area contributed by atoms with Crippen LogP contribution in [0.1, 0.15) is 18.9 Å². The first-order chi connectivity index (χ1) is 11.1. The summed E-state index contributed by atoms with van der Waals surface area (Å²) in [5.74, 6) is -0.778. The van der Waals surface area contributed by atoms with Gasteiger partial charge in [0.25, 0.3) is 5.91 Å². The third-order valence-electron chi connectivity index (χ3n) is 2.67. The van der Waals surface area contributed by atoms with Gasteiger partial charge in [0, 0.05) is 18.2 Å². The van der Waals surface area contributed by atoms with Crippen molar-refractivity contribution in [1.29, 1.82) is 0 Å². The number of hydrogen-bond donors (Lipinski definition) is 2. The number of nitrogens with one attached hydrogen (secondary N) is 2. The lowest BCUT2D eigenvalue weighted by atomic mass is 10.2. The number of methoxy groups -OCH3 is 1. The Bertz CT molecular complexity index is 584. The molecule has 0 saturated carbocycles. The Hall–Kier alpha value is -2.83. The van der Waals surface area contributed by atoms with Gasteiger partial charge in [0.15, 0.2) is 6.61 Å². The molecule has 2 N–H and O–H groups in total. The van der Waals surface area contributed by atoms with Crippen LogP contribution in [-0.4, -0.2) is 38.2 Å². The fourth-order valence-electron chi connectivity index (χ4n) is 1.59. The summed E-state index contributed by atoms with van der Waals surface area (Å²) in [6.45, 7) is 1.81. The number of imide groups is 1. The summed E-state index contributed by atoms with van der Waals surface area (Å²) in [6, 6.07) is 6.52. The zero-order valence-corrected chi connectivity index (χ0v) is 13.1. The van der Waals surface area contributed by atoms with E-state index in [4.69, 9.17) is 9.47 Å². The molecule has 1 aromatic rings. The minimum atomic E-state index is -0.697. The number of esters is 1. The fourth-order valence-corrected chi connectivity index (χ4v) is 1.59. The monoisotopic (exact) mass is 320 g/mol. The zero-order valence-electron chi connectivity index (χ0n) is 13.1. The molecule has 0 aliphatic rings. The molecule has 3 amide bonds. The number of ether oxygens (including phenoxy) is 2. The molecular formula is C16H20N2O5. The molecule has 1 aromatic carbocycles. The topological polar surface area (TPSA) is 93.7 Å². The molecule has 0 aliphatic carbocycles. The van der Waals surface area contributed by atoms with Gasteiger partial charge in [0.2, 0.25) is 0 Å². The highest BCUT2D eigenvalue weighted by Crippen LogP contribution is 2.18. The molecule has 0 unspecified atom stereocenters. The summed E-state index contributed by atoms with van der Waals surface area (Å²) < 4.78 is 9.89. The van der Waals surface area contributed by atoms with Crippen LogP contribution in [0.4, 0.5) is 4.79 Å². The predicted molar refractivity (Wildman–Crippen MR) is 84.8 cm³/mol. The average Bonchev–Trinajstić information content (AvgIpc) is 2.56. The Labute approximate surface area is 134 Å². The Morgan fingerprint density at radius 1 is 1.22 bits per heavy atom. The summed E-state index contributed by atoms with van der Waals surface area (Å²) in [4.78, 5) is 34.2. The van der Waals surface area contributed by atoms with Crippen LogP contribution in [0.2, 0.25) is 0 Å². The van der Waals surface area contributed by atoms with Crippen molar-refractivity contribution in [3.05, 3.63) is 35.9 Å². The number of carbonyl (C=O) groups is 3. The van der Waals surface area contributed by atoms with Gasteiger partial charge in [-0.2, -0.15) is 0 Å². The highest BCUT2D eigenvalue weighted by molar-refractivity contribution is 5.96. The predicted octanol–water partition coefficient (Wildman–Crippen LogP) is 1.49. The van der Waals surface area contributed by atoms with Gasteiger partial charge in [-0.3, -0.25) is 10.1 Å². The molecule has 0 fully saturated rings. The minimum absolute atomic E-state index is 0.459. The van der Waals surface area contributed by atoms with E-state index in [-0.39, 0.29) is 0 Å². The van der Waals surface area contributed by atoms with Gasteiger partial charge in [-0.1, -0.05) is 25.1 Å². The molecule has 0 aliphatic heterocycles. The first-order valence-electron chi connectivity index (χ1n) is 7.12. The standard InChI is InChI=1S/C16H20N2O5/c1-3-10-17-16(21)18-14(19)11-23-15(20)9-8-12-6-4-5-7-13(12)22-2/h4-9H,3,10-11H2,1-2H3,(H2,17,18,19,21)/b9-8+. The van der Waals surface area contributed by atoms with E-state index in [9.17, 15) is 14.4 Å². The summed E-state index contributed by atoms with van der Waals surface area (Å²) in [6.07, 6.45) is 3.46. The second-order valence-electron chi connectivity index (χ2n) is 4.49. The lowest BCUT2D eigenvalue weighted by Crippen LogP contribution is -2.41. The second-order valence-corrected chi connectivity index (χ2v) is 4.49. The fraction of sp³-hybridized carbons (Fsp3) is 0.312. The number of rotatable bonds is 7. The maximum atomic E-state index is 11.5. The van der Waals surface area contributed by atoms with Crippen molar-refractivity contribution in [3.63, 3.8) is 0 Å². The quantitative estimate of drug-likeness (QED) is 0.586. The van der Waals surface area contributed by atoms with E-state index in [0.717, 1.165) is 6.42 Å². The largest absolute Gasteiger partial charge is 0.496 e. The maximum Gasteiger partial charge on any atom is 0.331 e. The van der Waals surface area contributed by atoms with E-state index in [2.05, 4.69) is 10.6 Å². The molecule has 0 heterocycles. The molecule has 0 atom stereocenters. The number of carbonyl (C=O) groups excluding carboxylic acids is 3. The smallest absolute Gasteiger partial charge is 0.331 e. The molecule has 124 valence electrons. The van der Waals surface area contributed by atoms with Crippen molar-refractivity contribution in [1.82, 2.24) is 10.6 Å². The summed E-state index contributed by atoms with van der Waals surface area (Å²) in [5, 5.41) is 4.52. The van der Waals surface area contributed by atoms with Crippen LogP contribution in [0.5, 0.6) is 5.75 Å². The molecule has 0 spiro atoms. The van der Waals surface area contributed by atoms with Crippen molar-refractivity contribution in [2.45, 2.75) is 13.3 Å². The van der Waals surface area contributed by atoms with Crippen LogP contribution >= 0.6 is 0 Å². The van der Waals surface area contributed by atoms with E-state index in [1.165, 1.54) is 19.3 Å². The van der Waals surface area contributed by atoms with Gasteiger partial charge in [0.05, 0.1) is 7.11 Å². The first-order valence-corrected chi connectivity index (χ1v) is 7.12. The van der Waals surface area contributed by atoms with Crippen molar-refractivity contribution < 1.29 is 23.9 Å². The number of amides is 3. The normalized spacial score (nSPS) is 10.2. The zero-order chi connectivity index (χ0) is 17.1. The molecule has 23 heavy (non-hydrogen) atoms. The van der Waals surface area contributed by atoms with E-state index < -0.39 is 24.5 Å². The van der Waals surface area contributed by atoms with Gasteiger partial charge in [0.1, 0.15) is 5.75 Å². The second kappa shape index (κ2) is 9.99. The molecular weight excluding hydrogens is 300 g/mol. The maximum absolute atomic E-state index is 11.5. The van der Waals surface area contributed by atoms with Gasteiger partial charge in [-0.05, 0) is 18.6 Å². The van der Waals surface area contributed by atoms with E-state index >= 15 is 0 Å². The third-order valence-corrected chi connectivity index (χ3v) is 2.67. The number of para-hydroxylation sites is 1. The van der Waals surface area contributed by atoms with Crippen molar-refractivity contribution in [2.75, 3.05) is 20.3 Å². The molecule has 0 bridgehead atoms. The summed E-state index contributed by atoms with van der Waals surface area (Å²) in [5.41, 5.74) is 0.704. The van der Waals surface area contributed by atoms with E-state index in [1.54, 1.807) is 18.2 Å². The number of urea groups is 1. The molecule has 0 saturated heterocycles. The number of benzene rings is 1. The van der Waals surface area contributed by atoms with Gasteiger partial charge < -0.3 is 14.8 Å². The average molecular weight is 320 g/mol. The lowest BCUT2D eigenvalue weighted by molar-refractivity contribution is -0.143. The van der Waals surface area contributed by atoms with Crippen LogP contribution in [0, 0.1) is 0 Å². The molecule has 7 heteroatoms. The Morgan fingerprint density at radius 2 is 1.96 bits per heavy atom. The van der Waals surface area contributed by atoms with Gasteiger partial charge in [-0.15, -0.1) is 0 Å². The Morgan fingerprint density at radius 3 is 2.65 bits per heavy atom. The first kappa shape index (κ1) is 18.2. The highest BCUT2D eigenvalue weighted by Gasteiger charge is 2.09. The van der Waals surface area contributed by atoms with E-state index in [1.807, 2.05) is 13.0 Å². The molecule has 0 aromatic heterocycles. The van der Waals surface area contributed by atoms with Crippen LogP contribution in [0.3, 0.4) is 0 Å². The van der Waals surface area contributed by atoms with Crippen molar-refractivity contribution in [2.24, 2.45) is 0 Å². The van der Waals surface area contributed by atoms with Crippen molar-refractivity contribution in [3.8, 4) is 5.75 Å². The Balaban J connectivity index is 2.40. The lowest BCUT2D eigenvalue weighted by Gasteiger charge is -2.05. The van der Waals surface area contributed by atoms with Crippen LogP contribution in [0.15, 0.2) is 30.3 Å².